The number of amides is 1. The number of benzene rings is 1. The zero-order valence-electron chi connectivity index (χ0n) is 9.29. The van der Waals surface area contributed by atoms with Crippen LogP contribution in [-0.4, -0.2) is 5.91 Å². The zero-order chi connectivity index (χ0) is 14.0. The van der Waals surface area contributed by atoms with Gasteiger partial charge < -0.3 is 5.32 Å². The highest BCUT2D eigenvalue weighted by atomic mass is 32.1. The molecule has 1 aromatic heterocycles. The summed E-state index contributed by atoms with van der Waals surface area (Å²) in [5, 5.41) is 5.59. The van der Waals surface area contributed by atoms with Crippen LogP contribution in [0.15, 0.2) is 35.0 Å². The van der Waals surface area contributed by atoms with E-state index in [4.69, 9.17) is 0 Å². The van der Waals surface area contributed by atoms with Crippen molar-refractivity contribution >= 4 is 22.9 Å². The van der Waals surface area contributed by atoms with Crippen LogP contribution < -0.4 is 5.32 Å². The van der Waals surface area contributed by atoms with E-state index in [9.17, 15) is 22.4 Å². The summed E-state index contributed by atoms with van der Waals surface area (Å²) in [7, 11) is 0. The molecule has 2 rings (SSSR count). The molecular formula is C12H7F4NOS. The van der Waals surface area contributed by atoms with E-state index < -0.39 is 29.0 Å². The first-order valence-electron chi connectivity index (χ1n) is 5.08. The molecule has 0 aliphatic heterocycles. The predicted molar refractivity (Wildman–Crippen MR) is 63.7 cm³/mol. The second-order valence-corrected chi connectivity index (χ2v) is 4.44. The zero-order valence-corrected chi connectivity index (χ0v) is 10.1. The Balaban J connectivity index is 2.31. The van der Waals surface area contributed by atoms with Crippen molar-refractivity contribution in [2.75, 3.05) is 5.32 Å². The number of carbonyl (C=O) groups is 1. The fraction of sp³-hybridized carbons (Fsp3) is 0.0833. The van der Waals surface area contributed by atoms with Crippen LogP contribution in [0.1, 0.15) is 15.9 Å². The third kappa shape index (κ3) is 3.11. The lowest BCUT2D eigenvalue weighted by atomic mass is 10.1. The van der Waals surface area contributed by atoms with Gasteiger partial charge in [0.25, 0.3) is 5.91 Å². The molecule has 2 nitrogen and oxygen atoms in total. The number of nitrogens with one attached hydrogen (secondary N) is 1. The van der Waals surface area contributed by atoms with Crippen molar-refractivity contribution in [2.24, 2.45) is 0 Å². The van der Waals surface area contributed by atoms with Gasteiger partial charge in [-0.3, -0.25) is 4.79 Å². The van der Waals surface area contributed by atoms with Gasteiger partial charge in [0.2, 0.25) is 0 Å². The van der Waals surface area contributed by atoms with E-state index in [-0.39, 0.29) is 0 Å². The first kappa shape index (κ1) is 13.5. The maximum absolute atomic E-state index is 13.4. The molecule has 0 saturated carbocycles. The van der Waals surface area contributed by atoms with Gasteiger partial charge in [-0.2, -0.15) is 24.5 Å². The summed E-state index contributed by atoms with van der Waals surface area (Å²) in [5.74, 6) is -1.91. The third-order valence-corrected chi connectivity index (χ3v) is 3.00. The molecule has 1 heterocycles. The number of anilines is 1. The fourth-order valence-corrected chi connectivity index (χ4v) is 2.00. The highest BCUT2D eigenvalue weighted by molar-refractivity contribution is 7.08. The Morgan fingerprint density at radius 2 is 1.95 bits per heavy atom. The molecule has 100 valence electrons. The predicted octanol–water partition coefficient (Wildman–Crippen LogP) is 4.16. The van der Waals surface area contributed by atoms with Crippen LogP contribution in [0, 0.1) is 5.82 Å². The van der Waals surface area contributed by atoms with Gasteiger partial charge in [-0.15, -0.1) is 0 Å². The SMILES string of the molecule is O=C(Nc1ccsc1)c1cc(C(F)(F)F)ccc1F. The van der Waals surface area contributed by atoms with Gasteiger partial charge in [0.05, 0.1) is 16.8 Å². The van der Waals surface area contributed by atoms with E-state index in [1.807, 2.05) is 0 Å². The quantitative estimate of drug-likeness (QED) is 0.826. The minimum absolute atomic E-state index is 0.409. The molecule has 0 aliphatic carbocycles. The van der Waals surface area contributed by atoms with Crippen LogP contribution in [0.4, 0.5) is 23.2 Å². The van der Waals surface area contributed by atoms with Crippen LogP contribution in [0.2, 0.25) is 0 Å². The van der Waals surface area contributed by atoms with Crippen molar-refractivity contribution in [1.82, 2.24) is 0 Å². The molecule has 1 N–H and O–H groups in total. The molecule has 7 heteroatoms. The van der Waals surface area contributed by atoms with E-state index in [2.05, 4.69) is 5.32 Å². The molecule has 1 amide bonds. The molecule has 19 heavy (non-hydrogen) atoms. The highest BCUT2D eigenvalue weighted by Gasteiger charge is 2.31. The molecule has 1 aromatic carbocycles. The van der Waals surface area contributed by atoms with Crippen LogP contribution >= 0.6 is 11.3 Å². The van der Waals surface area contributed by atoms with E-state index in [0.717, 1.165) is 0 Å². The lowest BCUT2D eigenvalue weighted by molar-refractivity contribution is -0.137. The summed E-state index contributed by atoms with van der Waals surface area (Å²) in [4.78, 5) is 11.7. The van der Waals surface area contributed by atoms with Crippen molar-refractivity contribution in [3.8, 4) is 0 Å². The number of alkyl halides is 3. The van der Waals surface area contributed by atoms with E-state index in [1.54, 1.807) is 16.8 Å². The highest BCUT2D eigenvalue weighted by Crippen LogP contribution is 2.30. The molecule has 0 aliphatic rings. The summed E-state index contributed by atoms with van der Waals surface area (Å²) in [5.41, 5.74) is -1.29. The minimum Gasteiger partial charge on any atom is -0.321 e. The van der Waals surface area contributed by atoms with Gasteiger partial charge in [-0.25, -0.2) is 4.39 Å². The Kier molecular flexibility index (Phi) is 3.57. The fourth-order valence-electron chi connectivity index (χ4n) is 1.41. The van der Waals surface area contributed by atoms with E-state index >= 15 is 0 Å². The average molecular weight is 289 g/mol. The Morgan fingerprint density at radius 1 is 1.21 bits per heavy atom. The Hall–Kier alpha value is -1.89. The average Bonchev–Trinajstić information content (AvgIpc) is 2.80. The lowest BCUT2D eigenvalue weighted by Gasteiger charge is -2.09. The first-order chi connectivity index (χ1) is 8.88. The van der Waals surface area contributed by atoms with Crippen molar-refractivity contribution in [2.45, 2.75) is 6.18 Å². The molecule has 2 aromatic rings. The number of thiophene rings is 1. The van der Waals surface area contributed by atoms with E-state index in [1.165, 1.54) is 11.3 Å². The number of halogens is 4. The summed E-state index contributed by atoms with van der Waals surface area (Å²) < 4.78 is 50.9. The number of rotatable bonds is 2. The molecule has 0 saturated heterocycles. The normalized spacial score (nSPS) is 11.4. The van der Waals surface area contributed by atoms with Gasteiger partial charge in [0.15, 0.2) is 0 Å². The Morgan fingerprint density at radius 3 is 2.53 bits per heavy atom. The van der Waals surface area contributed by atoms with Crippen LogP contribution in [0.25, 0.3) is 0 Å². The maximum Gasteiger partial charge on any atom is 0.416 e. The number of hydrogen-bond donors (Lipinski definition) is 1. The smallest absolute Gasteiger partial charge is 0.321 e. The summed E-state index contributed by atoms with van der Waals surface area (Å²) in [6, 6.07) is 3.28. The van der Waals surface area contributed by atoms with Gasteiger partial charge >= 0.3 is 6.18 Å². The summed E-state index contributed by atoms with van der Waals surface area (Å²) in [6.45, 7) is 0. The summed E-state index contributed by atoms with van der Waals surface area (Å²) >= 11 is 1.30. The second kappa shape index (κ2) is 5.00. The molecule has 0 atom stereocenters. The van der Waals surface area contributed by atoms with Crippen molar-refractivity contribution in [3.63, 3.8) is 0 Å². The van der Waals surface area contributed by atoms with Gasteiger partial charge in [0.1, 0.15) is 5.82 Å². The monoisotopic (exact) mass is 289 g/mol. The number of carbonyl (C=O) groups excluding carboxylic acids is 1. The third-order valence-electron chi connectivity index (χ3n) is 2.32. The molecule has 0 fully saturated rings. The van der Waals surface area contributed by atoms with E-state index in [0.29, 0.717) is 23.9 Å². The second-order valence-electron chi connectivity index (χ2n) is 3.66. The topological polar surface area (TPSA) is 29.1 Å². The van der Waals surface area contributed by atoms with Gasteiger partial charge in [-0.1, -0.05) is 0 Å². The molecule has 0 unspecified atom stereocenters. The minimum atomic E-state index is -4.62. The largest absolute Gasteiger partial charge is 0.416 e. The van der Waals surface area contributed by atoms with Crippen LogP contribution in [-0.2, 0) is 6.18 Å². The molecule has 0 spiro atoms. The van der Waals surface area contributed by atoms with Gasteiger partial charge in [-0.05, 0) is 29.6 Å². The van der Waals surface area contributed by atoms with Gasteiger partial charge in [0, 0.05) is 5.38 Å². The maximum atomic E-state index is 13.4. The standard InChI is InChI=1S/C12H7F4NOS/c13-10-2-1-7(12(14,15)16)5-9(10)11(18)17-8-3-4-19-6-8/h1-6H,(H,17,18). The molecule has 0 bridgehead atoms. The number of hydrogen-bond acceptors (Lipinski definition) is 2. The van der Waals surface area contributed by atoms with Crippen molar-refractivity contribution in [3.05, 3.63) is 52.0 Å². The molecular weight excluding hydrogens is 282 g/mol. The summed E-state index contributed by atoms with van der Waals surface area (Å²) in [6.07, 6.45) is -4.62. The first-order valence-corrected chi connectivity index (χ1v) is 6.02. The lowest BCUT2D eigenvalue weighted by Crippen LogP contribution is -2.15. The van der Waals surface area contributed by atoms with Crippen LogP contribution in [0.3, 0.4) is 0 Å². The Labute approximate surface area is 109 Å². The van der Waals surface area contributed by atoms with Crippen molar-refractivity contribution < 1.29 is 22.4 Å². The molecule has 0 radical (unpaired) electrons. The van der Waals surface area contributed by atoms with Crippen molar-refractivity contribution in [1.29, 1.82) is 0 Å². The Bertz CT molecular complexity index is 592. The van der Waals surface area contributed by atoms with Crippen LogP contribution in [0.5, 0.6) is 0 Å².